The van der Waals surface area contributed by atoms with Crippen LogP contribution in [-0.2, 0) is 21.3 Å². The first-order valence-corrected chi connectivity index (χ1v) is 8.77. The standard InChI is InChI=1S/C21H26O3/c1-4-5-6-8-16-12-11-15-9-7-10-17-18(15)19(16)21(13-23-2,14-24-3)20(17)22/h7,9-12H,4-6,8,13-14H2,1-3H3. The third-order valence-electron chi connectivity index (χ3n) is 5.12. The number of unbranched alkanes of at least 4 members (excludes halogenated alkanes) is 2. The van der Waals surface area contributed by atoms with E-state index in [2.05, 4.69) is 25.1 Å². The second-order valence-electron chi connectivity index (χ2n) is 6.74. The number of Topliss-reactive ketones (excluding diaryl/α,β-unsaturated/α-hetero) is 1. The van der Waals surface area contributed by atoms with Gasteiger partial charge in [0.15, 0.2) is 5.78 Å². The maximum absolute atomic E-state index is 13.3. The van der Waals surface area contributed by atoms with Crippen LogP contribution >= 0.6 is 0 Å². The molecule has 0 unspecified atom stereocenters. The van der Waals surface area contributed by atoms with Crippen molar-refractivity contribution in [2.75, 3.05) is 27.4 Å². The summed E-state index contributed by atoms with van der Waals surface area (Å²) in [6.07, 6.45) is 4.53. The van der Waals surface area contributed by atoms with Gasteiger partial charge >= 0.3 is 0 Å². The Hall–Kier alpha value is -1.71. The van der Waals surface area contributed by atoms with Gasteiger partial charge in [-0.2, -0.15) is 0 Å². The summed E-state index contributed by atoms with van der Waals surface area (Å²) in [5, 5.41) is 2.23. The van der Waals surface area contributed by atoms with Crippen LogP contribution in [0.25, 0.3) is 10.8 Å². The number of ketones is 1. The van der Waals surface area contributed by atoms with E-state index in [-0.39, 0.29) is 5.78 Å². The van der Waals surface area contributed by atoms with Crippen LogP contribution in [0.2, 0.25) is 0 Å². The molecule has 1 aliphatic rings. The van der Waals surface area contributed by atoms with Gasteiger partial charge in [0.25, 0.3) is 0 Å². The molecule has 0 N–H and O–H groups in total. The fraction of sp³-hybridized carbons (Fsp3) is 0.476. The van der Waals surface area contributed by atoms with E-state index in [1.165, 1.54) is 18.4 Å². The average Bonchev–Trinajstić information content (AvgIpc) is 2.83. The molecule has 3 nitrogen and oxygen atoms in total. The quantitative estimate of drug-likeness (QED) is 0.679. The molecule has 0 radical (unpaired) electrons. The van der Waals surface area contributed by atoms with Crippen molar-refractivity contribution in [2.45, 2.75) is 38.0 Å². The summed E-state index contributed by atoms with van der Waals surface area (Å²) in [6, 6.07) is 10.3. The van der Waals surface area contributed by atoms with Crippen LogP contribution in [0.4, 0.5) is 0 Å². The van der Waals surface area contributed by atoms with Gasteiger partial charge in [-0.15, -0.1) is 0 Å². The molecule has 0 atom stereocenters. The highest BCUT2D eigenvalue weighted by Gasteiger charge is 2.48. The SMILES string of the molecule is CCCCCc1ccc2cccc3c2c1C(COC)(COC)C3=O. The lowest BCUT2D eigenvalue weighted by molar-refractivity contribution is 0.0480. The highest BCUT2D eigenvalue weighted by Crippen LogP contribution is 2.45. The minimum atomic E-state index is -0.714. The van der Waals surface area contributed by atoms with Gasteiger partial charge in [0.05, 0.1) is 13.2 Å². The fourth-order valence-electron chi connectivity index (χ4n) is 4.11. The summed E-state index contributed by atoms with van der Waals surface area (Å²) >= 11 is 0. The molecular formula is C21H26O3. The molecule has 1 aliphatic carbocycles. The highest BCUT2D eigenvalue weighted by atomic mass is 16.5. The molecule has 3 heteroatoms. The Morgan fingerprint density at radius 3 is 2.42 bits per heavy atom. The predicted octanol–water partition coefficient (Wildman–Crippen LogP) is 4.30. The van der Waals surface area contributed by atoms with E-state index in [0.29, 0.717) is 13.2 Å². The summed E-state index contributed by atoms with van der Waals surface area (Å²) in [5.41, 5.74) is 2.51. The first-order chi connectivity index (χ1) is 11.7. The molecule has 0 aromatic heterocycles. The number of hydrogen-bond acceptors (Lipinski definition) is 3. The number of benzene rings is 2. The molecule has 0 saturated carbocycles. The Labute approximate surface area is 144 Å². The summed E-state index contributed by atoms with van der Waals surface area (Å²) in [4.78, 5) is 13.3. The van der Waals surface area contributed by atoms with Crippen molar-refractivity contribution in [3.8, 4) is 0 Å². The first-order valence-electron chi connectivity index (χ1n) is 8.77. The minimum Gasteiger partial charge on any atom is -0.383 e. The number of rotatable bonds is 8. The summed E-state index contributed by atoms with van der Waals surface area (Å²) < 4.78 is 11.0. The molecule has 2 aromatic carbocycles. The summed E-state index contributed by atoms with van der Waals surface area (Å²) in [5.74, 6) is 0.134. The topological polar surface area (TPSA) is 35.5 Å². The van der Waals surface area contributed by atoms with Crippen LogP contribution in [0.1, 0.15) is 47.7 Å². The molecule has 0 bridgehead atoms. The van der Waals surface area contributed by atoms with E-state index in [1.54, 1.807) is 14.2 Å². The molecule has 0 fully saturated rings. The molecule has 24 heavy (non-hydrogen) atoms. The molecule has 0 spiro atoms. The zero-order valence-electron chi connectivity index (χ0n) is 14.9. The zero-order valence-corrected chi connectivity index (χ0v) is 14.9. The lowest BCUT2D eigenvalue weighted by Gasteiger charge is -2.29. The van der Waals surface area contributed by atoms with Gasteiger partial charge in [0.1, 0.15) is 5.41 Å². The van der Waals surface area contributed by atoms with Crippen LogP contribution < -0.4 is 0 Å². The molecule has 128 valence electrons. The number of hydrogen-bond donors (Lipinski definition) is 0. The third kappa shape index (κ3) is 2.56. The van der Waals surface area contributed by atoms with Gasteiger partial charge in [0.2, 0.25) is 0 Å². The van der Waals surface area contributed by atoms with Crippen LogP contribution in [0, 0.1) is 0 Å². The van der Waals surface area contributed by atoms with Crippen LogP contribution in [0.15, 0.2) is 30.3 Å². The van der Waals surface area contributed by atoms with Crippen molar-refractivity contribution in [1.82, 2.24) is 0 Å². The van der Waals surface area contributed by atoms with Crippen molar-refractivity contribution >= 4 is 16.6 Å². The van der Waals surface area contributed by atoms with E-state index in [4.69, 9.17) is 9.47 Å². The highest BCUT2D eigenvalue weighted by molar-refractivity contribution is 6.21. The van der Waals surface area contributed by atoms with Gasteiger partial charge in [-0.05, 0) is 34.7 Å². The zero-order chi connectivity index (χ0) is 17.2. The lowest BCUT2D eigenvalue weighted by Crippen LogP contribution is -2.42. The molecule has 0 amide bonds. The normalized spacial score (nSPS) is 15.4. The third-order valence-corrected chi connectivity index (χ3v) is 5.12. The Morgan fingerprint density at radius 2 is 1.75 bits per heavy atom. The average molecular weight is 326 g/mol. The van der Waals surface area contributed by atoms with Gasteiger partial charge in [-0.25, -0.2) is 0 Å². The van der Waals surface area contributed by atoms with Gasteiger partial charge < -0.3 is 9.47 Å². The lowest BCUT2D eigenvalue weighted by atomic mass is 9.78. The Balaban J connectivity index is 2.22. The largest absolute Gasteiger partial charge is 0.383 e. The monoisotopic (exact) mass is 326 g/mol. The Morgan fingerprint density at radius 1 is 1.00 bits per heavy atom. The fourth-order valence-corrected chi connectivity index (χ4v) is 4.11. The summed E-state index contributed by atoms with van der Waals surface area (Å²) in [7, 11) is 3.31. The van der Waals surface area contributed by atoms with E-state index < -0.39 is 5.41 Å². The maximum atomic E-state index is 13.3. The van der Waals surface area contributed by atoms with Crippen LogP contribution in [0.5, 0.6) is 0 Å². The van der Waals surface area contributed by atoms with Gasteiger partial charge in [-0.1, -0.05) is 50.1 Å². The number of carbonyl (C=O) groups is 1. The number of ether oxygens (including phenoxy) is 2. The second-order valence-corrected chi connectivity index (χ2v) is 6.74. The molecule has 2 aromatic rings. The first kappa shape index (κ1) is 17.1. The second kappa shape index (κ2) is 7.04. The Bertz CT molecular complexity index is 742. The van der Waals surface area contributed by atoms with E-state index in [9.17, 15) is 4.79 Å². The van der Waals surface area contributed by atoms with Crippen LogP contribution in [0.3, 0.4) is 0 Å². The number of aryl methyl sites for hydroxylation is 1. The summed E-state index contributed by atoms with van der Waals surface area (Å²) in [6.45, 7) is 2.92. The molecule has 0 heterocycles. The van der Waals surface area contributed by atoms with Gasteiger partial charge in [-0.3, -0.25) is 4.79 Å². The Kier molecular flexibility index (Phi) is 5.02. The minimum absolute atomic E-state index is 0.134. The molecule has 3 rings (SSSR count). The maximum Gasteiger partial charge on any atom is 0.178 e. The van der Waals surface area contributed by atoms with Crippen molar-refractivity contribution in [3.63, 3.8) is 0 Å². The van der Waals surface area contributed by atoms with Crippen LogP contribution in [-0.4, -0.2) is 33.2 Å². The predicted molar refractivity (Wildman–Crippen MR) is 96.9 cm³/mol. The smallest absolute Gasteiger partial charge is 0.178 e. The van der Waals surface area contributed by atoms with E-state index in [1.807, 2.05) is 12.1 Å². The number of methoxy groups -OCH3 is 2. The molecule has 0 aliphatic heterocycles. The van der Waals surface area contributed by atoms with Gasteiger partial charge in [0, 0.05) is 19.8 Å². The van der Waals surface area contributed by atoms with Crippen molar-refractivity contribution in [2.24, 2.45) is 0 Å². The van der Waals surface area contributed by atoms with E-state index >= 15 is 0 Å². The van der Waals surface area contributed by atoms with E-state index in [0.717, 1.165) is 34.7 Å². The number of carbonyl (C=O) groups excluding carboxylic acids is 1. The molecule has 0 saturated heterocycles. The van der Waals surface area contributed by atoms with Crippen molar-refractivity contribution in [3.05, 3.63) is 47.0 Å². The molecular weight excluding hydrogens is 300 g/mol. The van der Waals surface area contributed by atoms with Crippen molar-refractivity contribution < 1.29 is 14.3 Å². The van der Waals surface area contributed by atoms with Crippen molar-refractivity contribution in [1.29, 1.82) is 0 Å².